The number of amides is 3. The van der Waals surface area contributed by atoms with E-state index in [4.69, 9.17) is 4.74 Å². The van der Waals surface area contributed by atoms with E-state index in [0.717, 1.165) is 10.4 Å². The molecule has 0 saturated heterocycles. The summed E-state index contributed by atoms with van der Waals surface area (Å²) in [5.74, 6) is -1.91. The lowest BCUT2D eigenvalue weighted by atomic mass is 10.0. The summed E-state index contributed by atoms with van der Waals surface area (Å²) in [7, 11) is 0. The predicted molar refractivity (Wildman–Crippen MR) is 130 cm³/mol. The second-order valence-corrected chi connectivity index (χ2v) is 9.82. The molecule has 0 aliphatic carbocycles. The van der Waals surface area contributed by atoms with E-state index in [1.165, 1.54) is 23.5 Å². The van der Waals surface area contributed by atoms with Crippen LogP contribution in [0.2, 0.25) is 0 Å². The summed E-state index contributed by atoms with van der Waals surface area (Å²) in [4.78, 5) is 42.1. The van der Waals surface area contributed by atoms with E-state index in [9.17, 15) is 27.6 Å². The Labute approximate surface area is 210 Å². The third-order valence-electron chi connectivity index (χ3n) is 5.59. The highest BCUT2D eigenvalue weighted by Gasteiger charge is 2.36. The van der Waals surface area contributed by atoms with Crippen LogP contribution in [0.5, 0.6) is 5.75 Å². The maximum absolute atomic E-state index is 13.0. The first-order valence-electron chi connectivity index (χ1n) is 10.9. The van der Waals surface area contributed by atoms with Crippen LogP contribution in [-0.2, 0) is 4.79 Å². The number of rotatable bonds is 5. The van der Waals surface area contributed by atoms with Crippen LogP contribution in [-0.4, -0.2) is 51.2 Å². The molecule has 4 aromatic rings. The third-order valence-corrected chi connectivity index (χ3v) is 6.72. The Morgan fingerprint density at radius 1 is 1.19 bits per heavy atom. The summed E-state index contributed by atoms with van der Waals surface area (Å²) in [5.41, 5.74) is -0.0439. The minimum atomic E-state index is -4.64. The Hall–Kier alpha value is -4.33. The molecule has 192 valence electrons. The molecule has 0 atom stereocenters. The summed E-state index contributed by atoms with van der Waals surface area (Å²) < 4.78 is 44.2. The number of nitrogens with one attached hydrogen (secondary N) is 5. The van der Waals surface area contributed by atoms with Crippen molar-refractivity contribution in [3.63, 3.8) is 0 Å². The summed E-state index contributed by atoms with van der Waals surface area (Å²) in [6.07, 6.45) is -1.38. The number of hydrogen-bond donors (Lipinski definition) is 5. The molecule has 5 N–H and O–H groups in total. The monoisotopic (exact) mass is 532 g/mol. The molecule has 0 unspecified atom stereocenters. The van der Waals surface area contributed by atoms with E-state index in [0.29, 0.717) is 16.1 Å². The first kappa shape index (κ1) is 24.4. The number of nitrogens with zero attached hydrogens (tertiary/aromatic N) is 1. The number of alkyl halides is 3. The third kappa shape index (κ3) is 4.74. The average molecular weight is 533 g/mol. The molecule has 3 aromatic heterocycles. The molecular formula is C23H19F3N6O4S. The zero-order valence-corrected chi connectivity index (χ0v) is 20.1. The fraction of sp³-hybridized carbons (Fsp3) is 0.217. The molecular weight excluding hydrogens is 513 g/mol. The summed E-state index contributed by atoms with van der Waals surface area (Å²) >= 11 is 1.17. The van der Waals surface area contributed by atoms with Crippen molar-refractivity contribution in [1.82, 2.24) is 20.5 Å². The van der Waals surface area contributed by atoms with Gasteiger partial charge in [0.2, 0.25) is 0 Å². The normalized spacial score (nSPS) is 14.6. The zero-order valence-electron chi connectivity index (χ0n) is 19.3. The van der Waals surface area contributed by atoms with Gasteiger partial charge in [-0.15, -0.1) is 11.3 Å². The molecule has 10 nitrogen and oxygen atoms in total. The van der Waals surface area contributed by atoms with Gasteiger partial charge in [-0.3, -0.25) is 19.5 Å². The lowest BCUT2D eigenvalue weighted by Crippen LogP contribution is -2.45. The number of aromatic nitrogens is 3. The fourth-order valence-electron chi connectivity index (χ4n) is 3.77. The maximum atomic E-state index is 13.0. The first-order chi connectivity index (χ1) is 17.4. The van der Waals surface area contributed by atoms with Crippen LogP contribution in [0.15, 0.2) is 36.7 Å². The van der Waals surface area contributed by atoms with Crippen molar-refractivity contribution in [2.24, 2.45) is 0 Å². The highest BCUT2D eigenvalue weighted by atomic mass is 32.1. The second kappa shape index (κ2) is 8.65. The average Bonchev–Trinajstić information content (AvgIpc) is 3.55. The van der Waals surface area contributed by atoms with E-state index in [1.807, 2.05) is 5.32 Å². The summed E-state index contributed by atoms with van der Waals surface area (Å²) in [6.45, 7) is 1.54. The SMILES string of the molecule is CC1(C)Oc2cc3c(C(=O)NCC(F)(F)F)c(NC(=O)c4ccc(-c5cn[nH]c5)s4)[nH]c3cc2NC1=O. The number of anilines is 2. The molecule has 5 rings (SSSR count). The maximum Gasteiger partial charge on any atom is 0.405 e. The van der Waals surface area contributed by atoms with Gasteiger partial charge < -0.3 is 25.7 Å². The lowest BCUT2D eigenvalue weighted by molar-refractivity contribution is -0.129. The van der Waals surface area contributed by atoms with Crippen molar-refractivity contribution in [3.8, 4) is 16.2 Å². The van der Waals surface area contributed by atoms with Crippen molar-refractivity contribution >= 4 is 51.5 Å². The number of aromatic amines is 2. The minimum absolute atomic E-state index is 0.106. The topological polar surface area (TPSA) is 141 Å². The first-order valence-corrected chi connectivity index (χ1v) is 11.7. The Kier molecular flexibility index (Phi) is 5.70. The zero-order chi connectivity index (χ0) is 26.5. The number of hydrogen-bond acceptors (Lipinski definition) is 6. The number of fused-ring (bicyclic) bond motifs is 2. The summed E-state index contributed by atoms with van der Waals surface area (Å²) in [5, 5.41) is 13.9. The smallest absolute Gasteiger partial charge is 0.405 e. The highest BCUT2D eigenvalue weighted by molar-refractivity contribution is 7.17. The minimum Gasteiger partial charge on any atom is -0.476 e. The van der Waals surface area contributed by atoms with Crippen LogP contribution >= 0.6 is 11.3 Å². The molecule has 14 heteroatoms. The molecule has 1 aromatic carbocycles. The van der Waals surface area contributed by atoms with E-state index in [2.05, 4.69) is 25.8 Å². The van der Waals surface area contributed by atoms with Gasteiger partial charge in [-0.05, 0) is 38.1 Å². The molecule has 0 saturated carbocycles. The molecule has 37 heavy (non-hydrogen) atoms. The van der Waals surface area contributed by atoms with Gasteiger partial charge in [0, 0.05) is 22.0 Å². The van der Waals surface area contributed by atoms with Gasteiger partial charge in [0.15, 0.2) is 5.60 Å². The molecule has 1 aliphatic heterocycles. The molecule has 0 spiro atoms. The van der Waals surface area contributed by atoms with E-state index >= 15 is 0 Å². The molecule has 4 heterocycles. The number of carbonyl (C=O) groups excluding carboxylic acids is 3. The number of benzene rings is 1. The van der Waals surface area contributed by atoms with E-state index in [1.54, 1.807) is 38.4 Å². The molecule has 3 amide bonds. The lowest BCUT2D eigenvalue weighted by Gasteiger charge is -2.31. The van der Waals surface area contributed by atoms with Crippen molar-refractivity contribution in [2.75, 3.05) is 17.2 Å². The Balaban J connectivity index is 1.53. The van der Waals surface area contributed by atoms with Crippen LogP contribution < -0.4 is 20.7 Å². The Bertz CT molecular complexity index is 1540. The molecule has 0 radical (unpaired) electrons. The van der Waals surface area contributed by atoms with Gasteiger partial charge in [0.25, 0.3) is 17.7 Å². The predicted octanol–water partition coefficient (Wildman–Crippen LogP) is 4.27. The van der Waals surface area contributed by atoms with Crippen LogP contribution in [0.3, 0.4) is 0 Å². The number of H-pyrrole nitrogens is 2. The van der Waals surface area contributed by atoms with E-state index < -0.39 is 36.0 Å². The van der Waals surface area contributed by atoms with Gasteiger partial charge >= 0.3 is 6.18 Å². The van der Waals surface area contributed by atoms with Crippen molar-refractivity contribution in [2.45, 2.75) is 25.6 Å². The van der Waals surface area contributed by atoms with E-state index in [-0.39, 0.29) is 22.5 Å². The van der Waals surface area contributed by atoms with Crippen LogP contribution in [0, 0.1) is 0 Å². The fourth-order valence-corrected chi connectivity index (χ4v) is 4.65. The van der Waals surface area contributed by atoms with Gasteiger partial charge in [0.05, 0.1) is 27.8 Å². The number of thiophene rings is 1. The second-order valence-electron chi connectivity index (χ2n) is 8.74. The standard InChI is InChI=1S/C23H19F3N6O4S/c1-22(2)21(35)31-13-6-12-11(5-14(13)36-22)17(20(34)27-9-23(24,25)26)18(30-12)32-19(33)16-4-3-15(37-16)10-7-28-29-8-10/h3-8,30H,9H2,1-2H3,(H,27,34)(H,28,29)(H,31,35)(H,32,33). The largest absolute Gasteiger partial charge is 0.476 e. The summed E-state index contributed by atoms with van der Waals surface area (Å²) in [6, 6.07) is 6.22. The Morgan fingerprint density at radius 3 is 2.68 bits per heavy atom. The van der Waals surface area contributed by atoms with Gasteiger partial charge in [0.1, 0.15) is 18.1 Å². The van der Waals surface area contributed by atoms with Crippen LogP contribution in [0.1, 0.15) is 33.9 Å². The van der Waals surface area contributed by atoms with Gasteiger partial charge in [-0.2, -0.15) is 18.3 Å². The van der Waals surface area contributed by atoms with Crippen molar-refractivity contribution < 1.29 is 32.3 Å². The van der Waals surface area contributed by atoms with Crippen LogP contribution in [0.4, 0.5) is 24.7 Å². The Morgan fingerprint density at radius 2 is 1.97 bits per heavy atom. The van der Waals surface area contributed by atoms with Gasteiger partial charge in [-0.25, -0.2) is 0 Å². The van der Waals surface area contributed by atoms with Gasteiger partial charge in [-0.1, -0.05) is 0 Å². The van der Waals surface area contributed by atoms with Crippen LogP contribution in [0.25, 0.3) is 21.3 Å². The highest BCUT2D eigenvalue weighted by Crippen LogP contribution is 2.40. The van der Waals surface area contributed by atoms with Crippen molar-refractivity contribution in [1.29, 1.82) is 0 Å². The number of carbonyl (C=O) groups is 3. The molecule has 0 bridgehead atoms. The number of halogens is 3. The quantitative estimate of drug-likeness (QED) is 0.261. The van der Waals surface area contributed by atoms with Crippen molar-refractivity contribution in [3.05, 3.63) is 47.1 Å². The molecule has 1 aliphatic rings. The molecule has 0 fully saturated rings. The number of ether oxygens (including phenoxy) is 1.